The molecule has 0 N–H and O–H groups in total. The number of hydrogen-bond acceptors (Lipinski definition) is 0. The van der Waals surface area contributed by atoms with Gasteiger partial charge in [-0.3, -0.25) is 6.38 Å². The van der Waals surface area contributed by atoms with E-state index in [0.29, 0.717) is 0 Å². The van der Waals surface area contributed by atoms with Crippen LogP contribution < -0.4 is 29.6 Å². The minimum atomic E-state index is -0.731. The van der Waals surface area contributed by atoms with Gasteiger partial charge < -0.3 is 11.6 Å². The van der Waals surface area contributed by atoms with Crippen molar-refractivity contribution in [2.24, 2.45) is 0 Å². The zero-order valence-corrected chi connectivity index (χ0v) is 16.5. The first-order valence-corrected chi connectivity index (χ1v) is 16.0. The Hall–Kier alpha value is 4.43. The molecule has 0 aliphatic rings. The van der Waals surface area contributed by atoms with Gasteiger partial charge in [0.25, 0.3) is 0 Å². The predicted octanol–water partition coefficient (Wildman–Crippen LogP) is 3.09. The Labute approximate surface area is 151 Å². The molecule has 0 nitrogen and oxygen atoms in total. The van der Waals surface area contributed by atoms with Crippen LogP contribution in [0.2, 0.25) is 0 Å². The van der Waals surface area contributed by atoms with Crippen molar-refractivity contribution in [2.45, 2.75) is 22.3 Å². The van der Waals surface area contributed by atoms with Gasteiger partial charge in [0.2, 0.25) is 0 Å². The van der Waals surface area contributed by atoms with Crippen LogP contribution in [0.25, 0.3) is 0 Å². The second-order valence-corrected chi connectivity index (χ2v) is 57.9. The Bertz CT molecular complexity index is 37.6. The maximum atomic E-state index is 4.39. The molecule has 0 bridgehead atoms. The number of halogens is 5. The maximum Gasteiger partial charge on any atom is 1.00 e. The van der Waals surface area contributed by atoms with Crippen molar-refractivity contribution in [1.29, 1.82) is 0 Å². The number of rotatable bonds is 0. The van der Waals surface area contributed by atoms with Gasteiger partial charge in [-0.05, 0) is 0 Å². The maximum absolute atomic E-state index is 4.39. The average molecular weight is 656 g/mol. The second kappa shape index (κ2) is 23.9. The zero-order valence-electron chi connectivity index (χ0n) is 4.10. The fourth-order valence-corrected chi connectivity index (χ4v) is 0. The molecule has 0 unspecified atom stereocenters. The Kier molecular flexibility index (Phi) is 78.6. The molecule has 0 aromatic carbocycles. The van der Waals surface area contributed by atoms with Crippen LogP contribution in [0, 0.1) is 6.38 Å². The third-order valence-corrected chi connectivity index (χ3v) is 0. The van der Waals surface area contributed by atoms with E-state index in [2.05, 4.69) is 105 Å². The predicted molar refractivity (Wildman–Crippen MR) is 93.2 cm³/mol. The molecule has 11 heavy (non-hydrogen) atoms. The molecule has 0 saturated carbocycles. The topological polar surface area (TPSA) is 0 Å². The van der Waals surface area contributed by atoms with Crippen LogP contribution in [0.4, 0.5) is 0 Å². The van der Waals surface area contributed by atoms with E-state index < -0.39 is -1.94 Å². The normalized spacial score (nSPS) is 6.00. The van der Waals surface area contributed by atoms with Crippen LogP contribution in [0.3, 0.4) is 0 Å². The van der Waals surface area contributed by atoms with E-state index in [9.17, 15) is 0 Å². The molecular formula is C4H14ClI4NaSi. The minimum absolute atomic E-state index is 0. The molecule has 0 atom stereocenters. The van der Waals surface area contributed by atoms with Gasteiger partial charge in [-0.2, -0.15) is 0 Å². The summed E-state index contributed by atoms with van der Waals surface area (Å²) in [4.78, 5) is 0. The summed E-state index contributed by atoms with van der Waals surface area (Å²) in [6.45, 7) is 0. The molecule has 0 aliphatic carbocycles. The Morgan fingerprint density at radius 3 is 0.818 bits per heavy atom. The molecule has 0 amide bonds. The monoisotopic (exact) mass is 656 g/mol. The summed E-state index contributed by atoms with van der Waals surface area (Å²) in [5.74, 6) is 0. The summed E-state index contributed by atoms with van der Waals surface area (Å²) < 4.78 is -0.731. The van der Waals surface area contributed by atoms with Crippen molar-refractivity contribution in [2.75, 3.05) is 0 Å². The largest absolute Gasteiger partial charge is 1.00 e. The van der Waals surface area contributed by atoms with Crippen LogP contribution in [-0.2, 0) is 0 Å². The van der Waals surface area contributed by atoms with Crippen molar-refractivity contribution in [3.05, 3.63) is 6.38 Å². The molecule has 0 aromatic rings. The first-order valence-electron chi connectivity index (χ1n) is 1.02. The summed E-state index contributed by atoms with van der Waals surface area (Å²) in [6, 6.07) is 0. The van der Waals surface area contributed by atoms with Crippen LogP contribution >= 0.6 is 98.8 Å². The van der Waals surface area contributed by atoms with Crippen molar-refractivity contribution in [3.8, 4) is 0 Å². The van der Waals surface area contributed by atoms with Gasteiger partial charge in [-0.1, -0.05) is 109 Å². The van der Waals surface area contributed by atoms with Crippen molar-refractivity contribution >= 4 is 96.8 Å². The molecular weight excluding hydrogens is 642 g/mol. The molecule has 70 valence electrons. The molecule has 7 heteroatoms. The molecule has 0 aromatic heterocycles. The minimum Gasteiger partial charge on any atom is -0.352 e. The van der Waals surface area contributed by atoms with Gasteiger partial charge in [0.1, 0.15) is 0 Å². The van der Waals surface area contributed by atoms with Gasteiger partial charge in [-0.25, -0.2) is 0 Å². The Balaban J connectivity index is -0.00000000972. The molecule has 0 radical (unpaired) electrons. The summed E-state index contributed by atoms with van der Waals surface area (Å²) in [7, 11) is 0. The van der Waals surface area contributed by atoms with Crippen LogP contribution in [0.5, 0.6) is 0 Å². The van der Waals surface area contributed by atoms with Crippen LogP contribution in [0.15, 0.2) is 0 Å². The van der Waals surface area contributed by atoms with Gasteiger partial charge >= 0.3 is 27.6 Å². The standard InChI is InChI=1S/CH2Cl.3CH4.I4Si.Na/c1-2;;;;1-5(2,3)4;/h1H2;3*1H4;;/q-1;;;;;+1. The Morgan fingerprint density at radius 2 is 0.818 bits per heavy atom. The fourth-order valence-electron chi connectivity index (χ4n) is 0. The summed E-state index contributed by atoms with van der Waals surface area (Å²) in [6.07, 6.45) is 2.72. The van der Waals surface area contributed by atoms with Crippen molar-refractivity contribution in [1.82, 2.24) is 0 Å². The first-order chi connectivity index (χ1) is 3.00. The van der Waals surface area contributed by atoms with E-state index in [1.807, 2.05) is 0 Å². The van der Waals surface area contributed by atoms with Gasteiger partial charge in [0.15, 0.2) is 0 Å². The first kappa shape index (κ1) is 36.1. The zero-order chi connectivity index (χ0) is 6.50. The third-order valence-electron chi connectivity index (χ3n) is 0. The van der Waals surface area contributed by atoms with Gasteiger partial charge in [-0.15, -0.1) is 0 Å². The smallest absolute Gasteiger partial charge is 0.352 e. The van der Waals surface area contributed by atoms with E-state index in [0.717, 1.165) is 0 Å². The van der Waals surface area contributed by atoms with Crippen molar-refractivity contribution in [3.63, 3.8) is 0 Å². The fraction of sp³-hybridized carbons (Fsp3) is 0.750. The second-order valence-electron chi connectivity index (χ2n) is 0.429. The van der Waals surface area contributed by atoms with Gasteiger partial charge in [0, 0.05) is 0 Å². The SMILES string of the molecule is C.C.C.I[Si](I)(I)I.[CH2-]Cl.[Na+]. The molecule has 0 spiro atoms. The summed E-state index contributed by atoms with van der Waals surface area (Å²) in [5, 5.41) is 0. The van der Waals surface area contributed by atoms with Crippen LogP contribution in [-0.4, -0.2) is -1.94 Å². The van der Waals surface area contributed by atoms with E-state index in [-0.39, 0.29) is 51.8 Å². The molecule has 0 aliphatic heterocycles. The summed E-state index contributed by atoms with van der Waals surface area (Å²) >= 11 is 14.3. The molecule has 0 rings (SSSR count). The van der Waals surface area contributed by atoms with E-state index in [1.165, 1.54) is 0 Å². The quantitative estimate of drug-likeness (QED) is 0.163. The Morgan fingerprint density at radius 1 is 0.818 bits per heavy atom. The van der Waals surface area contributed by atoms with Gasteiger partial charge in [0.05, 0.1) is 0 Å². The summed E-state index contributed by atoms with van der Waals surface area (Å²) in [5.41, 5.74) is 0. The number of hydrogen-bond donors (Lipinski definition) is 0. The van der Waals surface area contributed by atoms with Crippen LogP contribution in [0.1, 0.15) is 22.3 Å². The average Bonchev–Trinajstić information content (AvgIpc) is 1.36. The van der Waals surface area contributed by atoms with E-state index >= 15 is 0 Å². The van der Waals surface area contributed by atoms with E-state index in [1.54, 1.807) is 0 Å². The van der Waals surface area contributed by atoms with E-state index in [4.69, 9.17) is 0 Å². The molecule has 0 heterocycles. The molecule has 0 saturated heterocycles. The molecule has 0 fully saturated rings. The van der Waals surface area contributed by atoms with Crippen molar-refractivity contribution < 1.29 is 29.6 Å². The third kappa shape index (κ3) is 114.